The third-order valence-corrected chi connectivity index (χ3v) is 6.97. The molecule has 2 aromatic carbocycles. The summed E-state index contributed by atoms with van der Waals surface area (Å²) >= 11 is 0. The first-order chi connectivity index (χ1) is 14.5. The number of rotatable bonds is 5. The lowest BCUT2D eigenvalue weighted by Gasteiger charge is -2.23. The Kier molecular flexibility index (Phi) is 6.21. The number of hydrogen-bond acceptors (Lipinski definition) is 3. The molecule has 0 aromatic heterocycles. The highest BCUT2D eigenvalue weighted by molar-refractivity contribution is 6.17. The highest BCUT2D eigenvalue weighted by Gasteiger charge is 2.25. The van der Waals surface area contributed by atoms with Gasteiger partial charge in [-0.1, -0.05) is 62.8 Å². The molecular formula is C26H31NO3. The number of nitrogen functional groups attached to an aromatic ring is 1. The predicted octanol–water partition coefficient (Wildman–Crippen LogP) is 6.29. The van der Waals surface area contributed by atoms with Crippen molar-refractivity contribution in [1.82, 2.24) is 0 Å². The number of carbonyl (C=O) groups excluding carboxylic acids is 1. The lowest BCUT2D eigenvalue weighted by Crippen LogP contribution is -2.15. The zero-order chi connectivity index (χ0) is 21.1. The smallest absolute Gasteiger partial charge is 0.336 e. The predicted molar refractivity (Wildman–Crippen MR) is 119 cm³/mol. The summed E-state index contributed by atoms with van der Waals surface area (Å²) in [6.45, 7) is 0. The molecule has 2 aromatic rings. The molecule has 2 aliphatic carbocycles. The van der Waals surface area contributed by atoms with Crippen molar-refractivity contribution in [2.75, 3.05) is 5.73 Å². The topological polar surface area (TPSA) is 80.4 Å². The molecule has 0 heterocycles. The van der Waals surface area contributed by atoms with Gasteiger partial charge < -0.3 is 10.8 Å². The summed E-state index contributed by atoms with van der Waals surface area (Å²) in [5.74, 6) is -0.507. The Morgan fingerprint density at radius 1 is 0.767 bits per heavy atom. The molecule has 4 heteroatoms. The van der Waals surface area contributed by atoms with Crippen LogP contribution in [-0.4, -0.2) is 16.9 Å². The van der Waals surface area contributed by atoms with E-state index in [1.807, 2.05) is 30.3 Å². The van der Waals surface area contributed by atoms with Crippen molar-refractivity contribution in [2.45, 2.75) is 76.0 Å². The minimum Gasteiger partial charge on any atom is -0.478 e. The molecule has 3 N–H and O–H groups in total. The van der Waals surface area contributed by atoms with Gasteiger partial charge in [0.25, 0.3) is 0 Å². The van der Waals surface area contributed by atoms with Crippen molar-refractivity contribution < 1.29 is 14.7 Å². The van der Waals surface area contributed by atoms with E-state index in [9.17, 15) is 14.7 Å². The van der Waals surface area contributed by atoms with E-state index in [0.29, 0.717) is 17.4 Å². The average Bonchev–Trinajstić information content (AvgIpc) is 2.79. The van der Waals surface area contributed by atoms with Crippen LogP contribution in [0.15, 0.2) is 36.4 Å². The number of carboxylic acids is 1. The van der Waals surface area contributed by atoms with Gasteiger partial charge in [0.05, 0.1) is 11.1 Å². The molecule has 0 aliphatic heterocycles. The molecule has 0 bridgehead atoms. The molecule has 30 heavy (non-hydrogen) atoms. The van der Waals surface area contributed by atoms with E-state index >= 15 is 0 Å². The van der Waals surface area contributed by atoms with Gasteiger partial charge in [-0.3, -0.25) is 4.79 Å². The zero-order valence-electron chi connectivity index (χ0n) is 17.5. The highest BCUT2D eigenvalue weighted by Crippen LogP contribution is 2.36. The van der Waals surface area contributed by atoms with Crippen LogP contribution >= 0.6 is 0 Å². The monoisotopic (exact) mass is 405 g/mol. The first-order valence-corrected chi connectivity index (χ1v) is 11.4. The Bertz CT molecular complexity index is 920. The van der Waals surface area contributed by atoms with Crippen molar-refractivity contribution in [3.63, 3.8) is 0 Å². The SMILES string of the molecule is Nc1cc(C2CCCCC2)cc(C(=O)O)c1C(=O)c1ccc(C2CCCCC2)cc1. The molecule has 4 rings (SSSR count). The number of carbonyl (C=O) groups is 2. The first-order valence-electron chi connectivity index (χ1n) is 11.4. The van der Waals surface area contributed by atoms with Crippen molar-refractivity contribution >= 4 is 17.4 Å². The van der Waals surface area contributed by atoms with E-state index in [4.69, 9.17) is 5.73 Å². The quantitative estimate of drug-likeness (QED) is 0.452. The van der Waals surface area contributed by atoms with Crippen LogP contribution in [0.4, 0.5) is 5.69 Å². The number of aromatic carboxylic acids is 1. The summed E-state index contributed by atoms with van der Waals surface area (Å²) in [4.78, 5) is 25.2. The first kappa shape index (κ1) is 20.6. The molecule has 0 unspecified atom stereocenters. The maximum Gasteiger partial charge on any atom is 0.336 e. The molecule has 0 saturated heterocycles. The summed E-state index contributed by atoms with van der Waals surface area (Å²) in [5, 5.41) is 9.82. The van der Waals surface area contributed by atoms with Gasteiger partial charge >= 0.3 is 5.97 Å². The van der Waals surface area contributed by atoms with Crippen LogP contribution in [0, 0.1) is 0 Å². The van der Waals surface area contributed by atoms with Gasteiger partial charge in [0.2, 0.25) is 0 Å². The summed E-state index contributed by atoms with van der Waals surface area (Å²) in [5.41, 5.74) is 9.40. The highest BCUT2D eigenvalue weighted by atomic mass is 16.4. The van der Waals surface area contributed by atoms with Crippen LogP contribution in [-0.2, 0) is 0 Å². The van der Waals surface area contributed by atoms with Gasteiger partial charge in [0, 0.05) is 11.3 Å². The fraction of sp³-hybridized carbons (Fsp3) is 0.462. The van der Waals surface area contributed by atoms with E-state index in [0.717, 1.165) is 31.2 Å². The molecule has 0 radical (unpaired) electrons. The number of anilines is 1. The molecule has 158 valence electrons. The summed E-state index contributed by atoms with van der Waals surface area (Å²) in [6.07, 6.45) is 11.9. The second-order valence-corrected chi connectivity index (χ2v) is 8.96. The Morgan fingerprint density at radius 2 is 1.30 bits per heavy atom. The number of nitrogens with two attached hydrogens (primary N) is 1. The maximum atomic E-state index is 13.2. The van der Waals surface area contributed by atoms with Crippen LogP contribution in [0.3, 0.4) is 0 Å². The van der Waals surface area contributed by atoms with Crippen molar-refractivity contribution in [3.8, 4) is 0 Å². The minimum absolute atomic E-state index is 0.0249. The molecule has 2 aliphatic rings. The third-order valence-electron chi connectivity index (χ3n) is 6.97. The van der Waals surface area contributed by atoms with Crippen LogP contribution in [0.1, 0.15) is 113 Å². The van der Waals surface area contributed by atoms with Crippen LogP contribution in [0.5, 0.6) is 0 Å². The Morgan fingerprint density at radius 3 is 1.83 bits per heavy atom. The van der Waals surface area contributed by atoms with Gasteiger partial charge in [0.1, 0.15) is 0 Å². The summed E-state index contributed by atoms with van der Waals surface area (Å²) < 4.78 is 0. The Hall–Kier alpha value is -2.62. The molecule has 0 amide bonds. The molecule has 2 fully saturated rings. The average molecular weight is 406 g/mol. The number of benzene rings is 2. The summed E-state index contributed by atoms with van der Waals surface area (Å²) in [6, 6.07) is 11.2. The molecular weight excluding hydrogens is 374 g/mol. The molecule has 0 atom stereocenters. The number of ketones is 1. The number of hydrogen-bond donors (Lipinski definition) is 2. The molecule has 4 nitrogen and oxygen atoms in total. The lowest BCUT2D eigenvalue weighted by molar-refractivity contribution is 0.0692. The van der Waals surface area contributed by atoms with Crippen molar-refractivity contribution in [2.24, 2.45) is 0 Å². The van der Waals surface area contributed by atoms with Gasteiger partial charge in [0.15, 0.2) is 5.78 Å². The van der Waals surface area contributed by atoms with E-state index in [-0.39, 0.29) is 22.6 Å². The third kappa shape index (κ3) is 4.28. The maximum absolute atomic E-state index is 13.2. The molecule has 0 spiro atoms. The second kappa shape index (κ2) is 9.03. The number of carboxylic acid groups (broad SMARTS) is 1. The van der Waals surface area contributed by atoms with Gasteiger partial charge in [-0.2, -0.15) is 0 Å². The Balaban J connectivity index is 1.63. The standard InChI is InChI=1S/C26H31NO3/c27-23-16-21(18-9-5-2-6-10-18)15-22(26(29)30)24(23)25(28)20-13-11-19(12-14-20)17-7-3-1-4-8-17/h11-18H,1-10,27H2,(H,29,30). The lowest BCUT2D eigenvalue weighted by atomic mass is 9.81. The van der Waals surface area contributed by atoms with Crippen LogP contribution < -0.4 is 5.73 Å². The van der Waals surface area contributed by atoms with Crippen LogP contribution in [0.2, 0.25) is 0 Å². The van der Waals surface area contributed by atoms with E-state index in [1.165, 1.54) is 44.1 Å². The van der Waals surface area contributed by atoms with Gasteiger partial charge in [-0.05, 0) is 60.8 Å². The minimum atomic E-state index is -1.10. The molecule has 2 saturated carbocycles. The van der Waals surface area contributed by atoms with Crippen molar-refractivity contribution in [1.29, 1.82) is 0 Å². The zero-order valence-corrected chi connectivity index (χ0v) is 17.5. The second-order valence-electron chi connectivity index (χ2n) is 8.96. The summed E-state index contributed by atoms with van der Waals surface area (Å²) in [7, 11) is 0. The van der Waals surface area contributed by atoms with Crippen molar-refractivity contribution in [3.05, 3.63) is 64.2 Å². The van der Waals surface area contributed by atoms with Gasteiger partial charge in [-0.15, -0.1) is 0 Å². The van der Waals surface area contributed by atoms with Gasteiger partial charge in [-0.25, -0.2) is 4.79 Å². The fourth-order valence-electron chi connectivity index (χ4n) is 5.27. The van der Waals surface area contributed by atoms with E-state index in [2.05, 4.69) is 0 Å². The van der Waals surface area contributed by atoms with E-state index in [1.54, 1.807) is 6.07 Å². The van der Waals surface area contributed by atoms with E-state index < -0.39 is 5.97 Å². The largest absolute Gasteiger partial charge is 0.478 e. The Labute approximate surface area is 178 Å². The van der Waals surface area contributed by atoms with Crippen LogP contribution in [0.25, 0.3) is 0 Å². The fourth-order valence-corrected chi connectivity index (χ4v) is 5.27. The normalized spacial score (nSPS) is 18.3.